The number of carbonyl (C=O) groups is 9. The lowest BCUT2D eigenvalue weighted by atomic mass is 9.94. The summed E-state index contributed by atoms with van der Waals surface area (Å²) >= 11 is 0. The molecule has 1 aromatic carbocycles. The van der Waals surface area contributed by atoms with Crippen LogP contribution in [0.3, 0.4) is 0 Å². The number of hydrazine groups is 1. The molecule has 0 aromatic heterocycles. The number of carboxylic acid groups (broad SMARTS) is 1. The molecule has 0 aliphatic rings. The molecule has 0 radical (unpaired) electrons. The van der Waals surface area contributed by atoms with Crippen molar-refractivity contribution < 1.29 is 48.3 Å². The molecule has 21 heteroatoms. The number of amides is 8. The van der Waals surface area contributed by atoms with Crippen molar-refractivity contribution in [3.8, 4) is 0 Å². The molecule has 0 spiro atoms. The van der Waals surface area contributed by atoms with Crippen LogP contribution in [-0.4, -0.2) is 114 Å². The Bertz CT molecular complexity index is 1710. The van der Waals surface area contributed by atoms with Gasteiger partial charge < -0.3 is 58.8 Å². The number of nitrogens with one attached hydrogen (secondary N) is 7. The summed E-state index contributed by atoms with van der Waals surface area (Å²) < 4.78 is 0. The Morgan fingerprint density at radius 1 is 0.683 bits per heavy atom. The SMILES string of the molecule is CCCC(=O)N[C@H](C)C(=O)N[C@@H](CCCCN(N)/C=C(\N)CCC(N)=O)C(=O)N[C@H](C(=O)NCC(=O)NCC(=O)NCC(=O)O)C(C)CCCNC(=O)CCCc1ccc(C)cc1. The highest BCUT2D eigenvalue weighted by molar-refractivity contribution is 5.95. The Morgan fingerprint density at radius 2 is 1.33 bits per heavy atom. The molecule has 0 aliphatic carbocycles. The number of unbranched alkanes of at least 4 members (excludes halogenated alkanes) is 1. The van der Waals surface area contributed by atoms with Crippen molar-refractivity contribution in [3.63, 3.8) is 0 Å². The van der Waals surface area contributed by atoms with Crippen molar-refractivity contribution >= 4 is 53.2 Å². The van der Waals surface area contributed by atoms with Gasteiger partial charge in [-0.05, 0) is 83.1 Å². The Kier molecular flexibility index (Phi) is 26.7. The fourth-order valence-electron chi connectivity index (χ4n) is 6.01. The summed E-state index contributed by atoms with van der Waals surface area (Å²) in [7, 11) is 0. The Morgan fingerprint density at radius 3 is 1.97 bits per heavy atom. The highest BCUT2D eigenvalue weighted by Crippen LogP contribution is 2.14. The second kappa shape index (κ2) is 30.7. The number of primary amides is 1. The van der Waals surface area contributed by atoms with Gasteiger partial charge in [-0.15, -0.1) is 0 Å². The molecule has 1 aromatic rings. The number of allylic oxidation sites excluding steroid dienone is 1. The normalized spacial score (nSPS) is 12.9. The number of aryl methyl sites for hydroxylation is 2. The highest BCUT2D eigenvalue weighted by atomic mass is 16.4. The summed E-state index contributed by atoms with van der Waals surface area (Å²) in [4.78, 5) is 112. The standard InChI is InChI=1S/C42H69N11O10/c1-5-10-35(56)50-29(4)40(61)51-32(13-6-7-22-53(45)26-31(43)19-20-33(44)54)41(62)52-39(42(63)49-24-37(58)47-23-36(57)48-25-38(59)60)28(3)11-9-21-46-34(55)14-8-12-30-17-15-27(2)16-18-30/h15-18,26,28-29,32,39H,5-14,19-25,43,45H2,1-4H3,(H2,44,54)(H,46,55)(H,47,58)(H,48,57)(H,49,63)(H,50,56)(H,51,61)(H,52,62)(H,59,60)/b31-26-/t28?,29-,32+,39+/m1/s1. The maximum absolute atomic E-state index is 14.0. The number of hydrogen-bond acceptors (Lipinski definition) is 12. The maximum Gasteiger partial charge on any atom is 0.322 e. The molecule has 21 nitrogen and oxygen atoms in total. The minimum Gasteiger partial charge on any atom is -0.480 e. The molecular weight excluding hydrogens is 819 g/mol. The van der Waals surface area contributed by atoms with Crippen LogP contribution < -0.4 is 54.5 Å². The van der Waals surface area contributed by atoms with E-state index in [-0.39, 0.29) is 44.0 Å². The smallest absolute Gasteiger partial charge is 0.322 e. The molecule has 0 bridgehead atoms. The molecule has 0 fully saturated rings. The quantitative estimate of drug-likeness (QED) is 0.0235. The number of hydrogen-bond donors (Lipinski definition) is 11. The van der Waals surface area contributed by atoms with E-state index in [4.69, 9.17) is 22.4 Å². The first-order chi connectivity index (χ1) is 29.8. The molecule has 14 N–H and O–H groups in total. The first-order valence-corrected chi connectivity index (χ1v) is 21.3. The first kappa shape index (κ1) is 54.8. The summed E-state index contributed by atoms with van der Waals surface area (Å²) in [6.07, 6.45) is 5.89. The molecular formula is C42H69N11O10. The van der Waals surface area contributed by atoms with Crippen LogP contribution in [0.1, 0.15) is 103 Å². The minimum absolute atomic E-state index is 0.0513. The van der Waals surface area contributed by atoms with E-state index in [1.54, 1.807) is 6.92 Å². The summed E-state index contributed by atoms with van der Waals surface area (Å²) in [6.45, 7) is 5.81. The van der Waals surface area contributed by atoms with Gasteiger partial charge in [0.1, 0.15) is 24.7 Å². The van der Waals surface area contributed by atoms with Crippen LogP contribution >= 0.6 is 0 Å². The largest absolute Gasteiger partial charge is 0.480 e. The van der Waals surface area contributed by atoms with E-state index in [0.717, 1.165) is 17.5 Å². The number of carboxylic acids is 1. The van der Waals surface area contributed by atoms with Gasteiger partial charge in [0.25, 0.3) is 0 Å². The van der Waals surface area contributed by atoms with Crippen LogP contribution in [-0.2, 0) is 49.6 Å². The predicted molar refractivity (Wildman–Crippen MR) is 234 cm³/mol. The van der Waals surface area contributed by atoms with Crippen LogP contribution in [0.4, 0.5) is 0 Å². The van der Waals surface area contributed by atoms with Gasteiger partial charge in [-0.2, -0.15) is 0 Å². The highest BCUT2D eigenvalue weighted by Gasteiger charge is 2.31. The van der Waals surface area contributed by atoms with E-state index in [1.165, 1.54) is 18.1 Å². The average molecular weight is 888 g/mol. The third kappa shape index (κ3) is 26.0. The summed E-state index contributed by atoms with van der Waals surface area (Å²) in [5, 5.41) is 27.8. The van der Waals surface area contributed by atoms with Crippen LogP contribution in [0.15, 0.2) is 36.2 Å². The molecule has 0 saturated carbocycles. The van der Waals surface area contributed by atoms with Gasteiger partial charge in [0, 0.05) is 44.2 Å². The van der Waals surface area contributed by atoms with E-state index in [2.05, 4.69) is 37.2 Å². The number of aliphatic carboxylic acids is 1. The van der Waals surface area contributed by atoms with Gasteiger partial charge in [0.2, 0.25) is 47.3 Å². The lowest BCUT2D eigenvalue weighted by Crippen LogP contribution is -2.58. The van der Waals surface area contributed by atoms with Gasteiger partial charge in [-0.25, -0.2) is 5.84 Å². The second-order valence-electron chi connectivity index (χ2n) is 15.5. The van der Waals surface area contributed by atoms with Crippen molar-refractivity contribution in [2.75, 3.05) is 32.7 Å². The topological polar surface area (TPSA) is 339 Å². The molecule has 4 atom stereocenters. The zero-order chi connectivity index (χ0) is 47.3. The third-order valence-corrected chi connectivity index (χ3v) is 9.64. The van der Waals surface area contributed by atoms with Crippen molar-refractivity contribution in [3.05, 3.63) is 47.3 Å². The van der Waals surface area contributed by atoms with E-state index in [1.807, 2.05) is 38.1 Å². The fourth-order valence-corrected chi connectivity index (χ4v) is 6.01. The molecule has 8 amide bonds. The number of nitrogens with zero attached hydrogens (tertiary/aromatic N) is 1. The zero-order valence-electron chi connectivity index (χ0n) is 37.0. The summed E-state index contributed by atoms with van der Waals surface area (Å²) in [5.74, 6) is -0.407. The first-order valence-electron chi connectivity index (χ1n) is 21.3. The lowest BCUT2D eigenvalue weighted by molar-refractivity contribution is -0.138. The van der Waals surface area contributed by atoms with Crippen LogP contribution in [0.2, 0.25) is 0 Å². The van der Waals surface area contributed by atoms with E-state index >= 15 is 0 Å². The molecule has 1 rings (SSSR count). The van der Waals surface area contributed by atoms with Crippen LogP contribution in [0.5, 0.6) is 0 Å². The van der Waals surface area contributed by atoms with Crippen LogP contribution in [0.25, 0.3) is 0 Å². The minimum atomic E-state index is -1.27. The van der Waals surface area contributed by atoms with Gasteiger partial charge in [-0.1, -0.05) is 43.7 Å². The fraction of sp³-hybridized carbons (Fsp3) is 0.595. The molecule has 0 aliphatic heterocycles. The Labute approximate surface area is 369 Å². The average Bonchev–Trinajstić information content (AvgIpc) is 3.22. The van der Waals surface area contributed by atoms with Crippen molar-refractivity contribution in [2.45, 2.75) is 123 Å². The Hall–Kier alpha value is -6.25. The van der Waals surface area contributed by atoms with Crippen molar-refractivity contribution in [1.29, 1.82) is 0 Å². The van der Waals surface area contributed by atoms with E-state index in [9.17, 15) is 43.2 Å². The molecule has 352 valence electrons. The number of benzene rings is 1. The van der Waals surface area contributed by atoms with Gasteiger partial charge in [-0.3, -0.25) is 43.2 Å². The third-order valence-electron chi connectivity index (χ3n) is 9.64. The van der Waals surface area contributed by atoms with E-state index in [0.29, 0.717) is 57.2 Å². The maximum atomic E-state index is 14.0. The van der Waals surface area contributed by atoms with Crippen LogP contribution in [0, 0.1) is 12.8 Å². The second-order valence-corrected chi connectivity index (χ2v) is 15.5. The van der Waals surface area contributed by atoms with Gasteiger partial charge in [0.05, 0.1) is 13.1 Å². The molecule has 0 saturated heterocycles. The summed E-state index contributed by atoms with van der Waals surface area (Å²) in [5.41, 5.74) is 13.7. The molecule has 1 unspecified atom stereocenters. The summed E-state index contributed by atoms with van der Waals surface area (Å²) in [6, 6.07) is 4.70. The van der Waals surface area contributed by atoms with Gasteiger partial charge >= 0.3 is 5.97 Å². The molecule has 63 heavy (non-hydrogen) atoms. The lowest BCUT2D eigenvalue weighted by Gasteiger charge is -2.28. The van der Waals surface area contributed by atoms with Crippen molar-refractivity contribution in [1.82, 2.24) is 42.2 Å². The predicted octanol–water partition coefficient (Wildman–Crippen LogP) is -1.03. The number of nitrogens with two attached hydrogens (primary N) is 3. The number of carbonyl (C=O) groups excluding carboxylic acids is 8. The number of rotatable bonds is 32. The monoisotopic (exact) mass is 888 g/mol. The molecule has 0 heterocycles. The Balaban J connectivity index is 3.10. The zero-order valence-corrected chi connectivity index (χ0v) is 37.0. The van der Waals surface area contributed by atoms with Crippen molar-refractivity contribution in [2.24, 2.45) is 23.2 Å². The van der Waals surface area contributed by atoms with Gasteiger partial charge in [0.15, 0.2) is 0 Å². The van der Waals surface area contributed by atoms with E-state index < -0.39 is 85.1 Å².